The van der Waals surface area contributed by atoms with Crippen molar-refractivity contribution in [3.63, 3.8) is 0 Å². The minimum absolute atomic E-state index is 0.00132. The van der Waals surface area contributed by atoms with Gasteiger partial charge < -0.3 is 20.2 Å². The minimum atomic E-state index is -2.76. The molecule has 3 heterocycles. The Labute approximate surface area is 219 Å². The summed E-state index contributed by atoms with van der Waals surface area (Å²) < 4.78 is 38.6. The number of carbonyl (C=O) groups excluding carboxylic acids is 2. The summed E-state index contributed by atoms with van der Waals surface area (Å²) in [6, 6.07) is 18.1. The topological polar surface area (TPSA) is 107 Å². The number of nitrogens with one attached hydrogen (secondary N) is 1. The van der Waals surface area contributed by atoms with Crippen molar-refractivity contribution >= 4 is 49.8 Å². The van der Waals surface area contributed by atoms with E-state index in [2.05, 4.69) is 10.3 Å². The van der Waals surface area contributed by atoms with E-state index < -0.39 is 18.2 Å². The Bertz CT molecular complexity index is 1700. The number of fused-ring (bicyclic) bond motifs is 2. The molecule has 1 fully saturated rings. The molecule has 10 heteroatoms. The number of alkyl halides is 2. The molecular formula is C28H21F2N3O4S. The van der Waals surface area contributed by atoms with Crippen LogP contribution in [0.3, 0.4) is 0 Å². The zero-order valence-electron chi connectivity index (χ0n) is 19.9. The number of primary amides is 1. The molecular weight excluding hydrogens is 512 g/mol. The average Bonchev–Trinajstić information content (AvgIpc) is 3.53. The van der Waals surface area contributed by atoms with Crippen molar-refractivity contribution in [3.8, 4) is 5.75 Å². The molecule has 0 spiro atoms. The number of ether oxygens (including phenoxy) is 1. The van der Waals surface area contributed by atoms with Crippen LogP contribution in [0.25, 0.3) is 21.0 Å². The summed E-state index contributed by atoms with van der Waals surface area (Å²) in [4.78, 5) is 29.7. The molecule has 3 N–H and O–H groups in total. The number of rotatable bonds is 8. The van der Waals surface area contributed by atoms with Gasteiger partial charge in [0.2, 0.25) is 0 Å². The van der Waals surface area contributed by atoms with Gasteiger partial charge in [-0.3, -0.25) is 9.59 Å². The van der Waals surface area contributed by atoms with Crippen LogP contribution in [-0.4, -0.2) is 16.8 Å². The molecule has 0 atom stereocenters. The molecule has 38 heavy (non-hydrogen) atoms. The summed E-state index contributed by atoms with van der Waals surface area (Å²) in [6.07, 6.45) is -1.10. The molecule has 1 aliphatic carbocycles. The van der Waals surface area contributed by atoms with Crippen molar-refractivity contribution in [1.82, 2.24) is 4.98 Å². The van der Waals surface area contributed by atoms with Crippen LogP contribution in [0.1, 0.15) is 62.4 Å². The molecule has 5 aromatic rings. The van der Waals surface area contributed by atoms with E-state index in [4.69, 9.17) is 14.9 Å². The normalized spacial score (nSPS) is 13.3. The van der Waals surface area contributed by atoms with Crippen LogP contribution in [0.2, 0.25) is 0 Å². The summed E-state index contributed by atoms with van der Waals surface area (Å²) in [7, 11) is 0. The van der Waals surface area contributed by atoms with Gasteiger partial charge in [0, 0.05) is 10.8 Å². The van der Waals surface area contributed by atoms with E-state index in [1.165, 1.54) is 12.1 Å². The summed E-state index contributed by atoms with van der Waals surface area (Å²) in [5.74, 6) is -0.220. The fourth-order valence-electron chi connectivity index (χ4n) is 4.49. The predicted octanol–water partition coefficient (Wildman–Crippen LogP) is 6.79. The molecule has 7 nitrogen and oxygen atoms in total. The maximum atomic E-state index is 13.5. The summed E-state index contributed by atoms with van der Waals surface area (Å²) in [6.45, 7) is 0.0986. The van der Waals surface area contributed by atoms with Crippen molar-refractivity contribution in [1.29, 1.82) is 0 Å². The van der Waals surface area contributed by atoms with Gasteiger partial charge in [-0.2, -0.15) is 0 Å². The second-order valence-corrected chi connectivity index (χ2v) is 10.0. The van der Waals surface area contributed by atoms with Crippen molar-refractivity contribution in [2.45, 2.75) is 31.8 Å². The van der Waals surface area contributed by atoms with E-state index in [9.17, 15) is 18.4 Å². The fourth-order valence-corrected chi connectivity index (χ4v) is 5.51. The first-order chi connectivity index (χ1) is 18.4. The highest BCUT2D eigenvalue weighted by atomic mass is 32.1. The Hall–Kier alpha value is -4.31. The van der Waals surface area contributed by atoms with Crippen LogP contribution in [0.4, 0.5) is 14.5 Å². The highest BCUT2D eigenvalue weighted by Gasteiger charge is 2.32. The number of furan rings is 1. The molecule has 6 rings (SSSR count). The Morgan fingerprint density at radius 3 is 2.68 bits per heavy atom. The Kier molecular flexibility index (Phi) is 6.03. The first-order valence-electron chi connectivity index (χ1n) is 11.9. The van der Waals surface area contributed by atoms with Gasteiger partial charge in [0.1, 0.15) is 33.5 Å². The number of benzene rings is 2. The number of carbonyl (C=O) groups is 2. The Morgan fingerprint density at radius 1 is 1.13 bits per heavy atom. The second kappa shape index (κ2) is 9.53. The number of halogens is 2. The number of anilines is 1. The van der Waals surface area contributed by atoms with E-state index >= 15 is 0 Å². The molecule has 1 aliphatic rings. The smallest absolute Gasteiger partial charge is 0.291 e. The Morgan fingerprint density at radius 2 is 1.92 bits per heavy atom. The maximum Gasteiger partial charge on any atom is 0.291 e. The highest BCUT2D eigenvalue weighted by molar-refractivity contribution is 7.21. The van der Waals surface area contributed by atoms with Crippen LogP contribution in [0.15, 0.2) is 65.1 Å². The summed E-state index contributed by atoms with van der Waals surface area (Å²) >= 11 is 0.888. The largest absolute Gasteiger partial charge is 0.485 e. The van der Waals surface area contributed by atoms with Crippen molar-refractivity contribution < 1.29 is 27.5 Å². The molecule has 0 saturated heterocycles. The summed E-state index contributed by atoms with van der Waals surface area (Å²) in [5, 5.41) is 5.19. The van der Waals surface area contributed by atoms with E-state index in [0.717, 1.165) is 35.0 Å². The van der Waals surface area contributed by atoms with Gasteiger partial charge in [0.25, 0.3) is 18.2 Å². The van der Waals surface area contributed by atoms with Gasteiger partial charge in [0.05, 0.1) is 5.69 Å². The third-order valence-corrected chi connectivity index (χ3v) is 7.52. The van der Waals surface area contributed by atoms with E-state index in [0.29, 0.717) is 22.5 Å². The lowest BCUT2D eigenvalue weighted by atomic mass is 10.0. The first kappa shape index (κ1) is 24.1. The zero-order valence-corrected chi connectivity index (χ0v) is 20.7. The third-order valence-electron chi connectivity index (χ3n) is 6.42. The van der Waals surface area contributed by atoms with Crippen molar-refractivity contribution in [2.24, 2.45) is 5.73 Å². The predicted molar refractivity (Wildman–Crippen MR) is 140 cm³/mol. The van der Waals surface area contributed by atoms with Gasteiger partial charge >= 0.3 is 0 Å². The number of nitrogens with zero attached hydrogens (tertiary/aromatic N) is 1. The lowest BCUT2D eigenvalue weighted by Gasteiger charge is -2.09. The number of nitrogens with two attached hydrogens (primary N) is 1. The number of hydrogen-bond donors (Lipinski definition) is 2. The first-order valence-corrected chi connectivity index (χ1v) is 12.8. The average molecular weight is 534 g/mol. The molecule has 192 valence electrons. The molecule has 3 aromatic heterocycles. The molecule has 2 aromatic carbocycles. The minimum Gasteiger partial charge on any atom is -0.485 e. The van der Waals surface area contributed by atoms with Crippen molar-refractivity contribution in [2.75, 3.05) is 5.32 Å². The van der Waals surface area contributed by atoms with E-state index in [-0.39, 0.29) is 39.4 Å². The number of thiophene rings is 1. The number of amides is 2. The fraction of sp³-hybridized carbons (Fsp3) is 0.179. The van der Waals surface area contributed by atoms with Crippen LogP contribution < -0.4 is 15.8 Å². The lowest BCUT2D eigenvalue weighted by Crippen LogP contribution is -2.16. The summed E-state index contributed by atoms with van der Waals surface area (Å²) in [5.41, 5.74) is 6.01. The molecule has 0 unspecified atom stereocenters. The van der Waals surface area contributed by atoms with E-state index in [1.807, 2.05) is 42.5 Å². The Balaban J connectivity index is 1.27. The van der Waals surface area contributed by atoms with Crippen LogP contribution in [0, 0.1) is 0 Å². The van der Waals surface area contributed by atoms with Gasteiger partial charge in [-0.05, 0) is 54.0 Å². The molecule has 1 saturated carbocycles. The van der Waals surface area contributed by atoms with Gasteiger partial charge in [0.15, 0.2) is 5.76 Å². The van der Waals surface area contributed by atoms with Crippen molar-refractivity contribution in [3.05, 3.63) is 88.3 Å². The monoisotopic (exact) mass is 533 g/mol. The molecule has 0 bridgehead atoms. The standard InChI is InChI=1S/C28H21F2N3O4S/c29-25(30)19-12-18(15-8-9-15)22-23(24(26(31)34)38-28(22)32-19)33-27(35)21-11-10-16(37-21)13-36-20-7-3-5-14-4-1-2-6-17(14)20/h1-7,10-12,15,25H,8-9,13H2,(H2,31,34)(H,33,35). The molecule has 0 aliphatic heterocycles. The third kappa shape index (κ3) is 4.47. The molecule has 2 amide bonds. The highest BCUT2D eigenvalue weighted by Crippen LogP contribution is 2.48. The number of pyridine rings is 1. The SMILES string of the molecule is NC(=O)c1sc2nc(C(F)F)cc(C3CC3)c2c1NC(=O)c1ccc(COc2cccc3ccccc23)o1. The zero-order chi connectivity index (χ0) is 26.4. The van der Waals surface area contributed by atoms with Gasteiger partial charge in [-0.25, -0.2) is 13.8 Å². The quantitative estimate of drug-likeness (QED) is 0.228. The maximum absolute atomic E-state index is 13.5. The van der Waals surface area contributed by atoms with Crippen LogP contribution in [0.5, 0.6) is 5.75 Å². The second-order valence-electron chi connectivity index (χ2n) is 9.05. The lowest BCUT2D eigenvalue weighted by molar-refractivity contribution is 0.0992. The molecule has 0 radical (unpaired) electrons. The van der Waals surface area contributed by atoms with Crippen LogP contribution >= 0.6 is 11.3 Å². The van der Waals surface area contributed by atoms with Gasteiger partial charge in [-0.15, -0.1) is 11.3 Å². The van der Waals surface area contributed by atoms with Gasteiger partial charge in [-0.1, -0.05) is 36.4 Å². The van der Waals surface area contributed by atoms with E-state index in [1.54, 1.807) is 6.07 Å². The van der Waals surface area contributed by atoms with Crippen LogP contribution in [-0.2, 0) is 6.61 Å². The number of hydrogen-bond acceptors (Lipinski definition) is 6. The number of aromatic nitrogens is 1.